The van der Waals surface area contributed by atoms with Crippen LogP contribution >= 0.6 is 0 Å². The van der Waals surface area contributed by atoms with Crippen molar-refractivity contribution in [3.8, 4) is 0 Å². The van der Waals surface area contributed by atoms with E-state index >= 15 is 0 Å². The van der Waals surface area contributed by atoms with Gasteiger partial charge in [0.2, 0.25) is 6.29 Å². The third-order valence-electron chi connectivity index (χ3n) is 3.82. The molecule has 0 bridgehead atoms. The molecule has 3 aliphatic heterocycles. The number of hydrogen-bond acceptors (Lipinski definition) is 4. The van der Waals surface area contributed by atoms with Gasteiger partial charge in [-0.15, -0.1) is 0 Å². The second-order valence-electron chi connectivity index (χ2n) is 4.78. The molecular formula is C11H19N4O+. The zero-order valence-corrected chi connectivity index (χ0v) is 9.60. The van der Waals surface area contributed by atoms with Crippen LogP contribution in [0.4, 0.5) is 0 Å². The lowest BCUT2D eigenvalue weighted by Crippen LogP contribution is -2.92. The molecule has 2 fully saturated rings. The van der Waals surface area contributed by atoms with E-state index in [-0.39, 0.29) is 6.29 Å². The first-order chi connectivity index (χ1) is 7.86. The summed E-state index contributed by atoms with van der Waals surface area (Å²) in [6.45, 7) is 4.66. The quantitative estimate of drug-likeness (QED) is 0.603. The summed E-state index contributed by atoms with van der Waals surface area (Å²) >= 11 is 0. The smallest absolute Gasteiger partial charge is 0.292 e. The van der Waals surface area contributed by atoms with E-state index in [0.29, 0.717) is 0 Å². The molecule has 0 spiro atoms. The van der Waals surface area contributed by atoms with Crippen molar-refractivity contribution in [1.29, 1.82) is 0 Å². The number of nitrogens with two attached hydrogens (primary N) is 1. The molecule has 0 aromatic heterocycles. The monoisotopic (exact) mass is 223 g/mol. The standard InChI is InChI=1S/C11H18N4O/c1-16-10-2-3-13-11(14-10)15-6-8-4-12-5-9(8)7-15/h2-3,8-9,11-12,14H,4-7H2,1H3/p+1. The van der Waals surface area contributed by atoms with Gasteiger partial charge in [-0.3, -0.25) is 0 Å². The van der Waals surface area contributed by atoms with E-state index in [9.17, 15) is 0 Å². The Kier molecular flexibility index (Phi) is 2.67. The van der Waals surface area contributed by atoms with Crippen molar-refractivity contribution in [1.82, 2.24) is 10.2 Å². The van der Waals surface area contributed by atoms with Gasteiger partial charge in [0.15, 0.2) is 0 Å². The SMILES string of the molecule is COC1=CC=NC(N2CC3CNCC3C2)[NH2+]1. The summed E-state index contributed by atoms with van der Waals surface area (Å²) in [5, 5.41) is 5.56. The molecule has 3 rings (SSSR count). The summed E-state index contributed by atoms with van der Waals surface area (Å²) in [6.07, 6.45) is 3.95. The van der Waals surface area contributed by atoms with Crippen LogP contribution in [0.3, 0.4) is 0 Å². The highest BCUT2D eigenvalue weighted by Gasteiger charge is 2.40. The van der Waals surface area contributed by atoms with Gasteiger partial charge in [0, 0.05) is 19.3 Å². The Morgan fingerprint density at radius 1 is 1.44 bits per heavy atom. The predicted octanol–water partition coefficient (Wildman–Crippen LogP) is -1.44. The lowest BCUT2D eigenvalue weighted by molar-refractivity contribution is -0.686. The summed E-state index contributed by atoms with van der Waals surface area (Å²) in [6, 6.07) is 0. The zero-order valence-electron chi connectivity index (χ0n) is 9.60. The van der Waals surface area contributed by atoms with Gasteiger partial charge in [-0.2, -0.15) is 0 Å². The lowest BCUT2D eigenvalue weighted by Gasteiger charge is -2.24. The fraction of sp³-hybridized carbons (Fsp3) is 0.727. The van der Waals surface area contributed by atoms with Crippen LogP contribution in [0.5, 0.6) is 0 Å². The van der Waals surface area contributed by atoms with Crippen molar-refractivity contribution in [3.05, 3.63) is 12.0 Å². The molecule has 5 nitrogen and oxygen atoms in total. The van der Waals surface area contributed by atoms with Crippen LogP contribution in [0.25, 0.3) is 0 Å². The van der Waals surface area contributed by atoms with Crippen molar-refractivity contribution in [2.24, 2.45) is 16.8 Å². The van der Waals surface area contributed by atoms with Crippen molar-refractivity contribution < 1.29 is 10.1 Å². The molecule has 0 aromatic rings. The molecule has 3 aliphatic rings. The minimum Gasteiger partial charge on any atom is -0.455 e. The van der Waals surface area contributed by atoms with Gasteiger partial charge < -0.3 is 10.1 Å². The van der Waals surface area contributed by atoms with Gasteiger partial charge in [0.25, 0.3) is 5.88 Å². The molecule has 88 valence electrons. The predicted molar refractivity (Wildman–Crippen MR) is 60.7 cm³/mol. The van der Waals surface area contributed by atoms with Crippen LogP contribution in [0.15, 0.2) is 17.0 Å². The Balaban J connectivity index is 1.63. The van der Waals surface area contributed by atoms with E-state index in [1.54, 1.807) is 7.11 Å². The Morgan fingerprint density at radius 2 is 2.19 bits per heavy atom. The second kappa shape index (κ2) is 4.16. The largest absolute Gasteiger partial charge is 0.455 e. The van der Waals surface area contributed by atoms with Crippen molar-refractivity contribution in [3.63, 3.8) is 0 Å². The highest BCUT2D eigenvalue weighted by atomic mass is 16.5. The number of rotatable bonds is 2. The molecule has 0 saturated carbocycles. The molecule has 0 aromatic carbocycles. The fourth-order valence-electron chi connectivity index (χ4n) is 2.89. The Bertz CT molecular complexity index is 316. The van der Waals surface area contributed by atoms with Crippen molar-refractivity contribution in [2.45, 2.75) is 6.29 Å². The number of hydrogen-bond donors (Lipinski definition) is 2. The number of nitrogens with zero attached hydrogens (tertiary/aromatic N) is 2. The summed E-state index contributed by atoms with van der Waals surface area (Å²) in [7, 11) is 1.71. The van der Waals surface area contributed by atoms with Crippen molar-refractivity contribution in [2.75, 3.05) is 33.3 Å². The maximum atomic E-state index is 5.25. The number of likely N-dealkylation sites (tertiary alicyclic amines) is 1. The van der Waals surface area contributed by atoms with Crippen molar-refractivity contribution >= 4 is 6.21 Å². The minimum atomic E-state index is 0.186. The average molecular weight is 223 g/mol. The Hall–Kier alpha value is -0.910. The molecule has 16 heavy (non-hydrogen) atoms. The lowest BCUT2D eigenvalue weighted by atomic mass is 10.0. The van der Waals surface area contributed by atoms with Gasteiger partial charge >= 0.3 is 0 Å². The van der Waals surface area contributed by atoms with Crippen LogP contribution in [-0.4, -0.2) is 50.7 Å². The summed E-state index contributed by atoms with van der Waals surface area (Å²) in [4.78, 5) is 6.96. The molecule has 3 unspecified atom stereocenters. The molecular weight excluding hydrogens is 204 g/mol. The van der Waals surface area contributed by atoms with E-state index in [4.69, 9.17) is 4.74 Å². The number of methoxy groups -OCH3 is 1. The number of ether oxygens (including phenoxy) is 1. The molecule has 2 saturated heterocycles. The van der Waals surface area contributed by atoms with Gasteiger partial charge in [0.1, 0.15) is 0 Å². The highest BCUT2D eigenvalue weighted by molar-refractivity contribution is 5.71. The number of fused-ring (bicyclic) bond motifs is 1. The van der Waals surface area contributed by atoms with Crippen LogP contribution in [0, 0.1) is 11.8 Å². The maximum absolute atomic E-state index is 5.25. The first-order valence-corrected chi connectivity index (χ1v) is 5.94. The highest BCUT2D eigenvalue weighted by Crippen LogP contribution is 2.26. The zero-order chi connectivity index (χ0) is 11.0. The van der Waals surface area contributed by atoms with E-state index in [1.807, 2.05) is 12.3 Å². The molecule has 5 heteroatoms. The average Bonchev–Trinajstić information content (AvgIpc) is 2.89. The molecule has 0 aliphatic carbocycles. The van der Waals surface area contributed by atoms with Crippen LogP contribution < -0.4 is 10.6 Å². The van der Waals surface area contributed by atoms with Crippen LogP contribution in [0.2, 0.25) is 0 Å². The van der Waals surface area contributed by atoms with Gasteiger partial charge in [-0.25, -0.2) is 15.2 Å². The van der Waals surface area contributed by atoms with Crippen LogP contribution in [-0.2, 0) is 4.74 Å². The van der Waals surface area contributed by atoms with Gasteiger partial charge in [-0.1, -0.05) is 0 Å². The second-order valence-corrected chi connectivity index (χ2v) is 4.78. The number of nitrogens with one attached hydrogen (secondary N) is 1. The number of aliphatic imine (C=N–C) groups is 1. The van der Waals surface area contributed by atoms with Gasteiger partial charge in [-0.05, 0) is 24.9 Å². The first-order valence-electron chi connectivity index (χ1n) is 5.94. The molecule has 3 heterocycles. The summed E-state index contributed by atoms with van der Waals surface area (Å²) in [5.41, 5.74) is 0. The molecule has 3 N–H and O–H groups in total. The fourth-order valence-corrected chi connectivity index (χ4v) is 2.89. The van der Waals surface area contributed by atoms with Crippen LogP contribution in [0.1, 0.15) is 0 Å². The molecule has 3 atom stereocenters. The summed E-state index contributed by atoms with van der Waals surface area (Å²) in [5.74, 6) is 2.57. The van der Waals surface area contributed by atoms with E-state index in [1.165, 1.54) is 13.1 Å². The molecule has 0 radical (unpaired) electrons. The number of quaternary nitrogens is 1. The molecule has 0 amide bonds. The minimum absolute atomic E-state index is 0.186. The number of allylic oxidation sites excluding steroid dienone is 1. The third kappa shape index (κ3) is 1.75. The van der Waals surface area contributed by atoms with E-state index < -0.39 is 0 Å². The summed E-state index contributed by atoms with van der Waals surface area (Å²) < 4.78 is 5.25. The normalized spacial score (nSPS) is 38.6. The first kappa shape index (κ1) is 10.3. The third-order valence-corrected chi connectivity index (χ3v) is 3.82. The Morgan fingerprint density at radius 3 is 2.88 bits per heavy atom. The van der Waals surface area contributed by atoms with Gasteiger partial charge in [0.05, 0.1) is 13.2 Å². The maximum Gasteiger partial charge on any atom is 0.292 e. The Labute approximate surface area is 95.6 Å². The topological polar surface area (TPSA) is 53.5 Å². The van der Waals surface area contributed by atoms with E-state index in [0.717, 1.165) is 30.8 Å². The van der Waals surface area contributed by atoms with E-state index in [2.05, 4.69) is 20.5 Å².